The van der Waals surface area contributed by atoms with Crippen molar-refractivity contribution in [3.05, 3.63) is 0 Å². The van der Waals surface area contributed by atoms with Gasteiger partial charge in [0.2, 0.25) is 0 Å². The smallest absolute Gasteiger partial charge is 0.0575 e. The summed E-state index contributed by atoms with van der Waals surface area (Å²) in [4.78, 5) is 0. The van der Waals surface area contributed by atoms with Crippen LogP contribution in [0.2, 0.25) is 0 Å². The lowest BCUT2D eigenvalue weighted by atomic mass is 9.93. The minimum atomic E-state index is 0.366. The maximum Gasteiger partial charge on any atom is 0.0575 e. The minimum Gasteiger partial charge on any atom is -0.378 e. The molecule has 0 amide bonds. The third kappa shape index (κ3) is 3.97. The van der Waals surface area contributed by atoms with Crippen molar-refractivity contribution in [2.75, 3.05) is 6.61 Å². The van der Waals surface area contributed by atoms with Gasteiger partial charge in [-0.2, -0.15) is 0 Å². The lowest BCUT2D eigenvalue weighted by Crippen LogP contribution is -2.30. The van der Waals surface area contributed by atoms with Crippen molar-refractivity contribution in [3.8, 4) is 0 Å². The largest absolute Gasteiger partial charge is 0.378 e. The van der Waals surface area contributed by atoms with E-state index in [0.29, 0.717) is 18.1 Å². The Bertz CT molecular complexity index is 141. The molecule has 1 heterocycles. The van der Waals surface area contributed by atoms with E-state index in [4.69, 9.17) is 10.5 Å². The number of hydrogen-bond acceptors (Lipinski definition) is 2. The molecule has 1 rings (SSSR count). The van der Waals surface area contributed by atoms with E-state index in [9.17, 15) is 0 Å². The molecule has 2 nitrogen and oxygen atoms in total. The number of hydrogen-bond donors (Lipinski definition) is 1. The zero-order valence-corrected chi connectivity index (χ0v) is 9.67. The molecule has 1 aliphatic heterocycles. The molecule has 2 heteroatoms. The second-order valence-corrected chi connectivity index (χ2v) is 4.62. The van der Waals surface area contributed by atoms with E-state index < -0.39 is 0 Å². The fourth-order valence-electron chi connectivity index (χ4n) is 2.00. The lowest BCUT2D eigenvalue weighted by Gasteiger charge is -2.25. The normalized spacial score (nSPS) is 27.2. The molecule has 0 aromatic rings. The van der Waals surface area contributed by atoms with Gasteiger partial charge >= 0.3 is 0 Å². The van der Waals surface area contributed by atoms with E-state index >= 15 is 0 Å². The Hall–Kier alpha value is -0.0800. The number of ether oxygens (including phenoxy) is 1. The summed E-state index contributed by atoms with van der Waals surface area (Å²) < 4.78 is 5.69. The molecule has 1 aliphatic rings. The van der Waals surface area contributed by atoms with Gasteiger partial charge in [-0.15, -0.1) is 0 Å². The summed E-state index contributed by atoms with van der Waals surface area (Å²) in [6, 6.07) is 0.366. The van der Waals surface area contributed by atoms with Crippen molar-refractivity contribution in [2.45, 2.75) is 64.5 Å². The molecule has 14 heavy (non-hydrogen) atoms. The Balaban J connectivity index is 2.12. The first-order valence-corrected chi connectivity index (χ1v) is 6.11. The van der Waals surface area contributed by atoms with E-state index in [1.807, 2.05) is 0 Å². The molecule has 1 saturated heterocycles. The van der Waals surface area contributed by atoms with Crippen molar-refractivity contribution in [1.29, 1.82) is 0 Å². The first-order valence-electron chi connectivity index (χ1n) is 6.11. The van der Waals surface area contributed by atoms with Crippen LogP contribution in [-0.2, 0) is 4.74 Å². The molecule has 0 aromatic heterocycles. The van der Waals surface area contributed by atoms with Crippen LogP contribution in [0.1, 0.15) is 52.4 Å². The van der Waals surface area contributed by atoms with Gasteiger partial charge < -0.3 is 10.5 Å². The highest BCUT2D eigenvalue weighted by Crippen LogP contribution is 2.19. The first-order chi connectivity index (χ1) is 6.74. The van der Waals surface area contributed by atoms with Crippen LogP contribution in [0.15, 0.2) is 0 Å². The van der Waals surface area contributed by atoms with Gasteiger partial charge in [-0.1, -0.05) is 20.3 Å². The van der Waals surface area contributed by atoms with Gasteiger partial charge in [0.15, 0.2) is 0 Å². The van der Waals surface area contributed by atoms with Crippen LogP contribution in [0.3, 0.4) is 0 Å². The van der Waals surface area contributed by atoms with Crippen LogP contribution in [0.4, 0.5) is 0 Å². The topological polar surface area (TPSA) is 35.2 Å². The maximum absolute atomic E-state index is 6.09. The van der Waals surface area contributed by atoms with Crippen molar-refractivity contribution in [3.63, 3.8) is 0 Å². The molecule has 3 unspecified atom stereocenters. The van der Waals surface area contributed by atoms with Gasteiger partial charge in [-0.3, -0.25) is 0 Å². The average Bonchev–Trinajstić information content (AvgIpc) is 2.26. The van der Waals surface area contributed by atoms with E-state index in [-0.39, 0.29) is 0 Å². The van der Waals surface area contributed by atoms with Gasteiger partial charge in [0.05, 0.1) is 6.10 Å². The van der Waals surface area contributed by atoms with Gasteiger partial charge in [-0.25, -0.2) is 0 Å². The minimum absolute atomic E-state index is 0.366. The molecule has 84 valence electrons. The van der Waals surface area contributed by atoms with Gasteiger partial charge in [-0.05, 0) is 38.0 Å². The fourth-order valence-corrected chi connectivity index (χ4v) is 2.00. The van der Waals surface area contributed by atoms with Crippen LogP contribution in [0.25, 0.3) is 0 Å². The number of rotatable bonds is 5. The van der Waals surface area contributed by atoms with E-state index in [1.54, 1.807) is 0 Å². The zero-order chi connectivity index (χ0) is 10.4. The third-order valence-electron chi connectivity index (χ3n) is 3.47. The molecule has 0 aliphatic carbocycles. The second-order valence-electron chi connectivity index (χ2n) is 4.62. The highest BCUT2D eigenvalue weighted by molar-refractivity contribution is 4.72. The van der Waals surface area contributed by atoms with Crippen molar-refractivity contribution in [2.24, 2.45) is 11.7 Å². The molecule has 0 spiro atoms. The summed E-state index contributed by atoms with van der Waals surface area (Å²) in [5.41, 5.74) is 6.09. The molecule has 1 fully saturated rings. The van der Waals surface area contributed by atoms with Crippen molar-refractivity contribution < 1.29 is 4.74 Å². The van der Waals surface area contributed by atoms with E-state index in [1.165, 1.54) is 25.7 Å². The molecule has 3 atom stereocenters. The van der Waals surface area contributed by atoms with Crippen molar-refractivity contribution >= 4 is 0 Å². The van der Waals surface area contributed by atoms with Gasteiger partial charge in [0.1, 0.15) is 0 Å². The quantitative estimate of drug-likeness (QED) is 0.739. The van der Waals surface area contributed by atoms with Gasteiger partial charge in [0.25, 0.3) is 0 Å². The number of nitrogens with two attached hydrogens (primary N) is 1. The van der Waals surface area contributed by atoms with Gasteiger partial charge in [0, 0.05) is 12.6 Å². The summed E-state index contributed by atoms with van der Waals surface area (Å²) in [6.07, 6.45) is 7.79. The second kappa shape index (κ2) is 6.41. The van der Waals surface area contributed by atoms with Crippen molar-refractivity contribution in [1.82, 2.24) is 0 Å². The standard InChI is InChI=1S/C12H25NO/c1-3-10(2)12(13)8-7-11-6-4-5-9-14-11/h10-12H,3-9,13H2,1-2H3. The fraction of sp³-hybridized carbons (Fsp3) is 1.00. The zero-order valence-electron chi connectivity index (χ0n) is 9.67. The van der Waals surface area contributed by atoms with Crippen LogP contribution >= 0.6 is 0 Å². The Morgan fingerprint density at radius 1 is 1.43 bits per heavy atom. The summed E-state index contributed by atoms with van der Waals surface area (Å²) in [6.45, 7) is 5.41. The molecule has 0 aromatic carbocycles. The molecular formula is C12H25NO. The first kappa shape index (κ1) is 12.0. The Morgan fingerprint density at radius 3 is 2.79 bits per heavy atom. The van der Waals surface area contributed by atoms with E-state index in [0.717, 1.165) is 19.4 Å². The molecule has 0 saturated carbocycles. The predicted octanol–water partition coefficient (Wildman–Crippen LogP) is 2.71. The van der Waals surface area contributed by atoms with E-state index in [2.05, 4.69) is 13.8 Å². The van der Waals surface area contributed by atoms with Crippen LogP contribution in [0.5, 0.6) is 0 Å². The summed E-state index contributed by atoms with van der Waals surface area (Å²) >= 11 is 0. The predicted molar refractivity (Wildman–Crippen MR) is 60.3 cm³/mol. The SMILES string of the molecule is CCC(C)C(N)CCC1CCCCO1. The highest BCUT2D eigenvalue weighted by Gasteiger charge is 2.17. The summed E-state index contributed by atoms with van der Waals surface area (Å²) in [7, 11) is 0. The highest BCUT2D eigenvalue weighted by atomic mass is 16.5. The van der Waals surface area contributed by atoms with Crippen LogP contribution < -0.4 is 5.73 Å². The Kier molecular flexibility index (Phi) is 5.49. The Morgan fingerprint density at radius 2 is 2.21 bits per heavy atom. The van der Waals surface area contributed by atoms with Crippen LogP contribution in [0, 0.1) is 5.92 Å². The average molecular weight is 199 g/mol. The third-order valence-corrected chi connectivity index (χ3v) is 3.47. The summed E-state index contributed by atoms with van der Waals surface area (Å²) in [5, 5.41) is 0. The monoisotopic (exact) mass is 199 g/mol. The summed E-state index contributed by atoms with van der Waals surface area (Å²) in [5.74, 6) is 0.651. The molecule has 2 N–H and O–H groups in total. The molecule has 0 radical (unpaired) electrons. The molecular weight excluding hydrogens is 174 g/mol. The Labute approximate surface area is 88.2 Å². The lowest BCUT2D eigenvalue weighted by molar-refractivity contribution is 0.00837. The van der Waals surface area contributed by atoms with Crippen LogP contribution in [-0.4, -0.2) is 18.8 Å². The maximum atomic E-state index is 6.09. The molecule has 0 bridgehead atoms.